The summed E-state index contributed by atoms with van der Waals surface area (Å²) < 4.78 is 12.3. The molecule has 3 rings (SSSR count). The number of rotatable bonds is 5. The van der Waals surface area contributed by atoms with Crippen LogP contribution in [0.15, 0.2) is 36.1 Å². The molecule has 0 radical (unpaired) electrons. The molecule has 1 aliphatic rings. The number of aromatic nitrogens is 1. The van der Waals surface area contributed by atoms with Gasteiger partial charge in [0.25, 0.3) is 5.69 Å². The Balaban J connectivity index is 1.97. The number of Topliss-reactive ketones (excluding diaryl/α,β-unsaturated/α-hetero) is 1. The minimum atomic E-state index is -0.514. The minimum Gasteiger partial charge on any atom is -0.492 e. The predicted molar refractivity (Wildman–Crippen MR) is 91.3 cm³/mol. The van der Waals surface area contributed by atoms with Crippen molar-refractivity contribution in [2.24, 2.45) is 7.05 Å². The lowest BCUT2D eigenvalue weighted by Gasteiger charge is -2.13. The van der Waals surface area contributed by atoms with E-state index in [0.717, 1.165) is 0 Å². The molecule has 1 aliphatic carbocycles. The monoisotopic (exact) mass is 356 g/mol. The molecule has 0 aliphatic heterocycles. The van der Waals surface area contributed by atoms with Crippen LogP contribution in [0.5, 0.6) is 5.75 Å². The molecule has 0 fully saturated rings. The third-order valence-electron chi connectivity index (χ3n) is 4.39. The average Bonchev–Trinajstić information content (AvgIpc) is 2.88. The van der Waals surface area contributed by atoms with Gasteiger partial charge in [0, 0.05) is 30.4 Å². The van der Waals surface area contributed by atoms with E-state index in [-0.39, 0.29) is 40.9 Å². The van der Waals surface area contributed by atoms with E-state index < -0.39 is 4.92 Å². The maximum absolute atomic E-state index is 12.6. The highest BCUT2D eigenvalue weighted by atomic mass is 16.6. The Morgan fingerprint density at radius 2 is 2.00 bits per heavy atom. The maximum Gasteiger partial charge on any atom is 0.273 e. The largest absolute Gasteiger partial charge is 0.492 e. The fourth-order valence-electron chi connectivity index (χ4n) is 2.94. The number of carbonyl (C=O) groups is 2. The van der Waals surface area contributed by atoms with Crippen molar-refractivity contribution in [3.63, 3.8) is 0 Å². The molecule has 1 aromatic heterocycles. The van der Waals surface area contributed by atoms with E-state index in [1.54, 1.807) is 24.6 Å². The summed E-state index contributed by atoms with van der Waals surface area (Å²) in [5, 5.41) is 10.9. The zero-order chi connectivity index (χ0) is 19.0. The van der Waals surface area contributed by atoms with Crippen molar-refractivity contribution in [2.75, 3.05) is 7.11 Å². The first-order valence-electron chi connectivity index (χ1n) is 7.75. The summed E-state index contributed by atoms with van der Waals surface area (Å²) >= 11 is 0. The standard InChI is InChI=1S/C18H16N2O6/c1-10-13(9-26-12-6-4-5-11(7-12)20(23)24)16-17(19(10)2)14(21)8-15(25-3)18(16)22/h4-8H,9H2,1-3H3. The van der Waals surface area contributed by atoms with Crippen LogP contribution in [0.3, 0.4) is 0 Å². The Morgan fingerprint density at radius 1 is 1.27 bits per heavy atom. The summed E-state index contributed by atoms with van der Waals surface area (Å²) in [4.78, 5) is 35.3. The molecule has 0 amide bonds. The van der Waals surface area contributed by atoms with E-state index in [9.17, 15) is 19.7 Å². The second-order valence-electron chi connectivity index (χ2n) is 5.80. The number of benzene rings is 1. The SMILES string of the molecule is COC1=CC(=O)c2c(c(COc3cccc([N+](=O)[O-])c3)c(C)n2C)C1=O. The predicted octanol–water partition coefficient (Wildman–Crippen LogP) is 2.73. The number of carbonyl (C=O) groups excluding carboxylic acids is 2. The van der Waals surface area contributed by atoms with Gasteiger partial charge in [0.15, 0.2) is 5.76 Å². The van der Waals surface area contributed by atoms with Crippen molar-refractivity contribution >= 4 is 17.3 Å². The second kappa shape index (κ2) is 6.47. The van der Waals surface area contributed by atoms with E-state index in [1.165, 1.54) is 31.4 Å². The normalized spacial score (nSPS) is 13.3. The van der Waals surface area contributed by atoms with Crippen LogP contribution in [0.2, 0.25) is 0 Å². The number of hydrogen-bond acceptors (Lipinski definition) is 6. The number of ketones is 2. The van der Waals surface area contributed by atoms with Crippen molar-refractivity contribution < 1.29 is 24.0 Å². The topological polar surface area (TPSA) is 101 Å². The highest BCUT2D eigenvalue weighted by molar-refractivity contribution is 6.24. The van der Waals surface area contributed by atoms with Gasteiger partial charge < -0.3 is 14.0 Å². The van der Waals surface area contributed by atoms with Crippen molar-refractivity contribution in [1.82, 2.24) is 4.57 Å². The summed E-state index contributed by atoms with van der Waals surface area (Å²) in [6.07, 6.45) is 1.18. The molecular weight excluding hydrogens is 340 g/mol. The van der Waals surface area contributed by atoms with Gasteiger partial charge in [-0.2, -0.15) is 0 Å². The molecule has 0 N–H and O–H groups in total. The fourth-order valence-corrected chi connectivity index (χ4v) is 2.94. The first-order chi connectivity index (χ1) is 12.3. The summed E-state index contributed by atoms with van der Waals surface area (Å²) in [6.45, 7) is 1.77. The molecular formula is C18H16N2O6. The average molecular weight is 356 g/mol. The number of non-ortho nitro benzene ring substituents is 1. The van der Waals surface area contributed by atoms with Gasteiger partial charge in [0.05, 0.1) is 23.7 Å². The van der Waals surface area contributed by atoms with Crippen LogP contribution in [0, 0.1) is 17.0 Å². The minimum absolute atomic E-state index is 0.00775. The summed E-state index contributed by atoms with van der Waals surface area (Å²) in [7, 11) is 3.03. The molecule has 2 aromatic rings. The fraction of sp³-hybridized carbons (Fsp3) is 0.222. The van der Waals surface area contributed by atoms with Gasteiger partial charge in [-0.15, -0.1) is 0 Å². The summed E-state index contributed by atoms with van der Waals surface area (Å²) in [5.41, 5.74) is 1.69. The number of methoxy groups -OCH3 is 1. The van der Waals surface area contributed by atoms with Gasteiger partial charge in [-0.1, -0.05) is 6.07 Å². The molecule has 0 unspecified atom stereocenters. The smallest absolute Gasteiger partial charge is 0.273 e. The van der Waals surface area contributed by atoms with Crippen LogP contribution >= 0.6 is 0 Å². The second-order valence-corrected chi connectivity index (χ2v) is 5.80. The molecule has 8 heteroatoms. The molecule has 0 spiro atoms. The van der Waals surface area contributed by atoms with Crippen molar-refractivity contribution in [3.8, 4) is 5.75 Å². The summed E-state index contributed by atoms with van der Waals surface area (Å²) in [6, 6.07) is 5.77. The van der Waals surface area contributed by atoms with E-state index in [2.05, 4.69) is 0 Å². The first-order valence-corrected chi connectivity index (χ1v) is 7.75. The molecule has 0 saturated heterocycles. The van der Waals surface area contributed by atoms with Gasteiger partial charge in [0.1, 0.15) is 18.1 Å². The number of nitro groups is 1. The number of nitrogens with zero attached hydrogens (tertiary/aromatic N) is 2. The zero-order valence-electron chi connectivity index (χ0n) is 14.4. The molecule has 8 nitrogen and oxygen atoms in total. The first kappa shape index (κ1) is 17.4. The molecule has 26 heavy (non-hydrogen) atoms. The van der Waals surface area contributed by atoms with Crippen LogP contribution in [0.25, 0.3) is 0 Å². The maximum atomic E-state index is 12.6. The number of ether oxygens (including phenoxy) is 2. The zero-order valence-corrected chi connectivity index (χ0v) is 14.4. The molecule has 0 saturated carbocycles. The Kier molecular flexibility index (Phi) is 4.33. The highest BCUT2D eigenvalue weighted by Crippen LogP contribution is 2.30. The van der Waals surface area contributed by atoms with Crippen molar-refractivity contribution in [2.45, 2.75) is 13.5 Å². The van der Waals surface area contributed by atoms with Gasteiger partial charge >= 0.3 is 0 Å². The van der Waals surface area contributed by atoms with Gasteiger partial charge in [-0.25, -0.2) is 0 Å². The molecule has 0 bridgehead atoms. The number of allylic oxidation sites excluding steroid dienone is 2. The van der Waals surface area contributed by atoms with Crippen LogP contribution in [0.1, 0.15) is 32.1 Å². The van der Waals surface area contributed by atoms with Crippen LogP contribution in [-0.4, -0.2) is 28.2 Å². The third-order valence-corrected chi connectivity index (χ3v) is 4.39. The Morgan fingerprint density at radius 3 is 2.65 bits per heavy atom. The van der Waals surface area contributed by atoms with E-state index in [4.69, 9.17) is 9.47 Å². The number of fused-ring (bicyclic) bond motifs is 1. The Labute approximate surface area is 148 Å². The van der Waals surface area contributed by atoms with Crippen LogP contribution in [0.4, 0.5) is 5.69 Å². The van der Waals surface area contributed by atoms with Gasteiger partial charge in [0.2, 0.25) is 11.6 Å². The Bertz CT molecular complexity index is 970. The van der Waals surface area contributed by atoms with Crippen molar-refractivity contribution in [1.29, 1.82) is 0 Å². The van der Waals surface area contributed by atoms with Crippen molar-refractivity contribution in [3.05, 3.63) is 68.7 Å². The quantitative estimate of drug-likeness (QED) is 0.603. The highest BCUT2D eigenvalue weighted by Gasteiger charge is 2.34. The van der Waals surface area contributed by atoms with Crippen LogP contribution in [-0.2, 0) is 18.4 Å². The summed E-state index contributed by atoms with van der Waals surface area (Å²) in [5.74, 6) is -0.426. The lowest BCUT2D eigenvalue weighted by molar-refractivity contribution is -0.384. The van der Waals surface area contributed by atoms with E-state index in [1.807, 2.05) is 0 Å². The number of nitro benzene ring substituents is 1. The lowest BCUT2D eigenvalue weighted by atomic mass is 9.96. The molecule has 134 valence electrons. The Hall–Kier alpha value is -3.42. The molecule has 1 aromatic carbocycles. The van der Waals surface area contributed by atoms with E-state index >= 15 is 0 Å². The third kappa shape index (κ3) is 2.75. The van der Waals surface area contributed by atoms with Crippen LogP contribution < -0.4 is 4.74 Å². The lowest BCUT2D eigenvalue weighted by Crippen LogP contribution is -2.20. The van der Waals surface area contributed by atoms with Gasteiger partial charge in [-0.3, -0.25) is 19.7 Å². The number of hydrogen-bond donors (Lipinski definition) is 0. The molecule has 0 atom stereocenters. The molecule has 1 heterocycles. The van der Waals surface area contributed by atoms with E-state index in [0.29, 0.717) is 17.0 Å². The van der Waals surface area contributed by atoms with Gasteiger partial charge in [-0.05, 0) is 13.0 Å².